The van der Waals surface area contributed by atoms with E-state index >= 15 is 0 Å². The van der Waals surface area contributed by atoms with Crippen LogP contribution in [0.25, 0.3) is 6.08 Å². The van der Waals surface area contributed by atoms with Gasteiger partial charge in [0.15, 0.2) is 5.78 Å². The highest BCUT2D eigenvalue weighted by Gasteiger charge is 2.22. The summed E-state index contributed by atoms with van der Waals surface area (Å²) < 4.78 is 5.41. The van der Waals surface area contributed by atoms with Gasteiger partial charge in [-0.25, -0.2) is 4.79 Å². The van der Waals surface area contributed by atoms with Crippen molar-refractivity contribution in [3.63, 3.8) is 0 Å². The average Bonchev–Trinajstić information content (AvgIpc) is 2.59. The fraction of sp³-hybridized carbons (Fsp3) is 0.200. The van der Waals surface area contributed by atoms with Crippen molar-refractivity contribution in [3.8, 4) is 5.75 Å². The summed E-state index contributed by atoms with van der Waals surface area (Å²) in [4.78, 5) is 23.7. The molecule has 0 spiro atoms. The molecule has 0 aromatic heterocycles. The first-order valence-corrected chi connectivity index (χ1v) is 7.93. The lowest BCUT2D eigenvalue weighted by Crippen LogP contribution is -2.15. The molecule has 122 valence electrons. The van der Waals surface area contributed by atoms with Crippen molar-refractivity contribution in [2.45, 2.75) is 19.8 Å². The second-order valence-electron chi connectivity index (χ2n) is 5.68. The highest BCUT2D eigenvalue weighted by Crippen LogP contribution is 2.28. The van der Waals surface area contributed by atoms with Gasteiger partial charge in [-0.3, -0.25) is 4.79 Å². The van der Waals surface area contributed by atoms with Crippen molar-refractivity contribution in [2.24, 2.45) is 0 Å². The highest BCUT2D eigenvalue weighted by molar-refractivity contribution is 6.13. The summed E-state index contributed by atoms with van der Waals surface area (Å²) in [6.45, 7) is 2.55. The van der Waals surface area contributed by atoms with Crippen LogP contribution in [0.15, 0.2) is 48.0 Å². The third-order valence-corrected chi connectivity index (χ3v) is 4.08. The predicted molar refractivity (Wildman–Crippen MR) is 91.6 cm³/mol. The number of carbonyl (C=O) groups excluding carboxylic acids is 1. The van der Waals surface area contributed by atoms with Crippen LogP contribution < -0.4 is 4.74 Å². The number of aromatic carboxylic acids is 1. The number of hydrogen-bond donors (Lipinski definition) is 1. The van der Waals surface area contributed by atoms with Gasteiger partial charge in [-0.05, 0) is 67.3 Å². The minimum Gasteiger partial charge on any atom is -0.494 e. The molecule has 2 aromatic carbocycles. The molecule has 0 saturated heterocycles. The number of fused-ring (bicyclic) bond motifs is 1. The Hall–Kier alpha value is -2.88. The molecule has 2 aromatic rings. The van der Waals surface area contributed by atoms with Crippen LogP contribution in [-0.2, 0) is 6.42 Å². The molecule has 1 aliphatic carbocycles. The Kier molecular flexibility index (Phi) is 4.47. The van der Waals surface area contributed by atoms with E-state index in [1.54, 1.807) is 12.1 Å². The van der Waals surface area contributed by atoms with Crippen molar-refractivity contribution in [3.05, 3.63) is 70.3 Å². The van der Waals surface area contributed by atoms with Crippen LogP contribution in [0.3, 0.4) is 0 Å². The number of carboxylic acid groups (broad SMARTS) is 1. The van der Waals surface area contributed by atoms with E-state index in [0.29, 0.717) is 25.0 Å². The van der Waals surface area contributed by atoms with Gasteiger partial charge in [0, 0.05) is 11.1 Å². The maximum Gasteiger partial charge on any atom is 0.335 e. The lowest BCUT2D eigenvalue weighted by atomic mass is 9.85. The molecule has 24 heavy (non-hydrogen) atoms. The van der Waals surface area contributed by atoms with Gasteiger partial charge in [-0.2, -0.15) is 0 Å². The number of hydrogen-bond acceptors (Lipinski definition) is 3. The van der Waals surface area contributed by atoms with Crippen molar-refractivity contribution in [2.75, 3.05) is 6.61 Å². The van der Waals surface area contributed by atoms with Crippen LogP contribution in [0.2, 0.25) is 0 Å². The van der Waals surface area contributed by atoms with Crippen molar-refractivity contribution in [1.29, 1.82) is 0 Å². The van der Waals surface area contributed by atoms with E-state index < -0.39 is 5.97 Å². The summed E-state index contributed by atoms with van der Waals surface area (Å²) in [6, 6.07) is 12.3. The molecule has 3 rings (SSSR count). The van der Waals surface area contributed by atoms with Gasteiger partial charge >= 0.3 is 5.97 Å². The molecule has 0 amide bonds. The summed E-state index contributed by atoms with van der Waals surface area (Å²) in [5.74, 6) is -0.191. The standard InChI is InChI=1S/C20H18O4/c1-2-24-17-8-3-13(4-9-17)11-15-6-5-14-12-16(20(22)23)7-10-18(14)19(15)21/h3-4,7-12H,2,5-6H2,1H3,(H,22,23)/b15-11+. The first-order valence-electron chi connectivity index (χ1n) is 7.93. The number of aryl methyl sites for hydroxylation is 1. The number of allylic oxidation sites excluding steroid dienone is 1. The number of rotatable bonds is 4. The topological polar surface area (TPSA) is 63.6 Å². The number of carboxylic acids is 1. The number of carbonyl (C=O) groups is 2. The first-order chi connectivity index (χ1) is 11.6. The molecule has 0 fully saturated rings. The smallest absolute Gasteiger partial charge is 0.335 e. The molecule has 4 nitrogen and oxygen atoms in total. The average molecular weight is 322 g/mol. The van der Waals surface area contributed by atoms with Crippen LogP contribution in [0.1, 0.15) is 45.2 Å². The zero-order valence-electron chi connectivity index (χ0n) is 13.4. The third kappa shape index (κ3) is 3.23. The Morgan fingerprint density at radius 3 is 2.58 bits per heavy atom. The second kappa shape index (κ2) is 6.71. The molecule has 0 heterocycles. The quantitative estimate of drug-likeness (QED) is 0.864. The van der Waals surface area contributed by atoms with Crippen LogP contribution >= 0.6 is 0 Å². The zero-order chi connectivity index (χ0) is 17.1. The van der Waals surface area contributed by atoms with Gasteiger partial charge in [0.2, 0.25) is 0 Å². The largest absolute Gasteiger partial charge is 0.494 e. The van der Waals surface area contributed by atoms with E-state index in [-0.39, 0.29) is 11.3 Å². The van der Waals surface area contributed by atoms with Crippen LogP contribution in [-0.4, -0.2) is 23.5 Å². The Bertz CT molecular complexity index is 816. The van der Waals surface area contributed by atoms with Crippen molar-refractivity contribution >= 4 is 17.8 Å². The molecule has 0 atom stereocenters. The van der Waals surface area contributed by atoms with Crippen LogP contribution in [0.5, 0.6) is 5.75 Å². The van der Waals surface area contributed by atoms with E-state index in [1.165, 1.54) is 6.07 Å². The molecule has 1 N–H and O–H groups in total. The summed E-state index contributed by atoms with van der Waals surface area (Å²) >= 11 is 0. The second-order valence-corrected chi connectivity index (χ2v) is 5.68. The van der Waals surface area contributed by atoms with E-state index in [4.69, 9.17) is 9.84 Å². The maximum absolute atomic E-state index is 12.6. The van der Waals surface area contributed by atoms with Crippen LogP contribution in [0, 0.1) is 0 Å². The normalized spacial score (nSPS) is 15.2. The summed E-state index contributed by atoms with van der Waals surface area (Å²) in [6.07, 6.45) is 3.18. The lowest BCUT2D eigenvalue weighted by molar-refractivity contribution is 0.0696. The van der Waals surface area contributed by atoms with Gasteiger partial charge in [-0.1, -0.05) is 12.1 Å². The first kappa shape index (κ1) is 16.0. The molecule has 4 heteroatoms. The number of ether oxygens (including phenoxy) is 1. The molecule has 0 unspecified atom stereocenters. The molecular formula is C20H18O4. The van der Waals surface area contributed by atoms with Crippen LogP contribution in [0.4, 0.5) is 0 Å². The molecule has 0 aliphatic heterocycles. The summed E-state index contributed by atoms with van der Waals surface area (Å²) in [5.41, 5.74) is 3.33. The molecule has 0 saturated carbocycles. The minimum absolute atomic E-state index is 0.0259. The molecule has 0 radical (unpaired) electrons. The fourth-order valence-electron chi connectivity index (χ4n) is 2.88. The van der Waals surface area contributed by atoms with Gasteiger partial charge in [-0.15, -0.1) is 0 Å². The monoisotopic (exact) mass is 322 g/mol. The Morgan fingerprint density at radius 2 is 1.92 bits per heavy atom. The van der Waals surface area contributed by atoms with Gasteiger partial charge in [0.05, 0.1) is 12.2 Å². The Balaban J connectivity index is 1.86. The zero-order valence-corrected chi connectivity index (χ0v) is 13.4. The van der Waals surface area contributed by atoms with Gasteiger partial charge in [0.1, 0.15) is 5.75 Å². The summed E-state index contributed by atoms with van der Waals surface area (Å²) in [7, 11) is 0. The van der Waals surface area contributed by atoms with Gasteiger partial charge < -0.3 is 9.84 Å². The maximum atomic E-state index is 12.6. The Morgan fingerprint density at radius 1 is 1.17 bits per heavy atom. The number of ketones is 1. The Labute approximate surface area is 140 Å². The van der Waals surface area contributed by atoms with E-state index in [0.717, 1.165) is 22.4 Å². The molecule has 0 bridgehead atoms. The van der Waals surface area contributed by atoms with Crippen molar-refractivity contribution in [1.82, 2.24) is 0 Å². The lowest BCUT2D eigenvalue weighted by Gasteiger charge is -2.18. The third-order valence-electron chi connectivity index (χ3n) is 4.08. The van der Waals surface area contributed by atoms with E-state index in [1.807, 2.05) is 37.3 Å². The SMILES string of the molecule is CCOc1ccc(/C=C2\CCc3cc(C(=O)O)ccc3C2=O)cc1. The van der Waals surface area contributed by atoms with Crippen molar-refractivity contribution < 1.29 is 19.4 Å². The highest BCUT2D eigenvalue weighted by atomic mass is 16.5. The molecule has 1 aliphatic rings. The molecular weight excluding hydrogens is 304 g/mol. The van der Waals surface area contributed by atoms with E-state index in [2.05, 4.69) is 0 Å². The van der Waals surface area contributed by atoms with Gasteiger partial charge in [0.25, 0.3) is 0 Å². The summed E-state index contributed by atoms with van der Waals surface area (Å²) in [5, 5.41) is 9.05. The number of benzene rings is 2. The number of Topliss-reactive ketones (excluding diaryl/α,β-unsaturated/α-hetero) is 1. The minimum atomic E-state index is -0.971. The predicted octanol–water partition coefficient (Wildman–Crippen LogP) is 4.00. The van der Waals surface area contributed by atoms with E-state index in [9.17, 15) is 9.59 Å². The fourth-order valence-corrected chi connectivity index (χ4v) is 2.88.